The van der Waals surface area contributed by atoms with Gasteiger partial charge in [-0.25, -0.2) is 0 Å². The van der Waals surface area contributed by atoms with Crippen LogP contribution >= 0.6 is 0 Å². The van der Waals surface area contributed by atoms with Crippen molar-refractivity contribution in [2.75, 3.05) is 0 Å². The fourth-order valence-electron chi connectivity index (χ4n) is 8.98. The van der Waals surface area contributed by atoms with Gasteiger partial charge < -0.3 is 14.6 Å². The Morgan fingerprint density at radius 1 is 1.14 bits per heavy atom. The lowest BCUT2D eigenvalue weighted by atomic mass is 9.51. The van der Waals surface area contributed by atoms with Crippen molar-refractivity contribution < 1.29 is 29.0 Å². The van der Waals surface area contributed by atoms with Gasteiger partial charge in [-0.3, -0.25) is 14.4 Å². The minimum Gasteiger partial charge on any atom is -0.456 e. The average molecular weight is 483 g/mol. The Labute approximate surface area is 207 Å². The Balaban J connectivity index is 1.37. The van der Waals surface area contributed by atoms with Crippen LogP contribution in [-0.4, -0.2) is 46.6 Å². The number of cyclic esters (lactones) is 1. The summed E-state index contributed by atoms with van der Waals surface area (Å²) in [6.07, 6.45) is 6.75. The lowest BCUT2D eigenvalue weighted by Gasteiger charge is -2.52. The maximum Gasteiger partial charge on any atom is 0.312 e. The van der Waals surface area contributed by atoms with Gasteiger partial charge in [0.15, 0.2) is 17.5 Å². The van der Waals surface area contributed by atoms with Crippen LogP contribution in [0.1, 0.15) is 79.6 Å². The summed E-state index contributed by atoms with van der Waals surface area (Å²) in [4.78, 5) is 38.0. The van der Waals surface area contributed by atoms with E-state index < -0.39 is 35.4 Å². The number of carbonyl (C=O) groups excluding carboxylic acids is 3. The number of hydrogen-bond donors (Lipinski definition) is 1. The van der Waals surface area contributed by atoms with Gasteiger partial charge in [0, 0.05) is 18.8 Å². The van der Waals surface area contributed by atoms with E-state index in [1.54, 1.807) is 19.4 Å². The molecule has 0 unspecified atom stereocenters. The molecule has 0 radical (unpaired) electrons. The number of aliphatic hydroxyl groups is 1. The normalized spacial score (nSPS) is 45.7. The van der Waals surface area contributed by atoms with Gasteiger partial charge in [0.25, 0.3) is 0 Å². The summed E-state index contributed by atoms with van der Waals surface area (Å²) in [5, 5.41) is 11.3. The third-order valence-corrected chi connectivity index (χ3v) is 11.1. The molecule has 190 valence electrons. The van der Waals surface area contributed by atoms with Crippen molar-refractivity contribution in [2.24, 2.45) is 34.5 Å². The van der Waals surface area contributed by atoms with Crippen LogP contribution in [0.5, 0.6) is 0 Å². The Morgan fingerprint density at radius 3 is 2.54 bits per heavy atom. The van der Waals surface area contributed by atoms with E-state index in [1.165, 1.54) is 18.1 Å². The molecule has 6 nitrogen and oxygen atoms in total. The molecule has 35 heavy (non-hydrogen) atoms. The predicted molar refractivity (Wildman–Crippen MR) is 128 cm³/mol. The number of esters is 1. The molecule has 0 amide bonds. The van der Waals surface area contributed by atoms with Crippen molar-refractivity contribution in [3.63, 3.8) is 0 Å². The van der Waals surface area contributed by atoms with Gasteiger partial charge in [-0.1, -0.05) is 39.3 Å². The average Bonchev–Trinajstić information content (AvgIpc) is 3.41. The quantitative estimate of drug-likeness (QED) is 0.610. The first kappa shape index (κ1) is 23.6. The molecule has 0 aromatic carbocycles. The molecule has 3 fully saturated rings. The highest BCUT2D eigenvalue weighted by Gasteiger charge is 2.69. The van der Waals surface area contributed by atoms with E-state index in [-0.39, 0.29) is 28.8 Å². The number of Topliss-reactive ketones (excluding diaryl/α,β-unsaturated/α-hetero) is 2. The first-order valence-electron chi connectivity index (χ1n) is 13.5. The third-order valence-electron chi connectivity index (χ3n) is 11.1. The van der Waals surface area contributed by atoms with Crippen LogP contribution in [0.25, 0.3) is 0 Å². The molecule has 1 saturated carbocycles. The summed E-state index contributed by atoms with van der Waals surface area (Å²) in [6.45, 7) is 9.57. The summed E-state index contributed by atoms with van der Waals surface area (Å²) >= 11 is 0. The topological polar surface area (TPSA) is 89.9 Å². The number of carbonyl (C=O) groups is 3. The zero-order chi connectivity index (χ0) is 25.1. The van der Waals surface area contributed by atoms with Gasteiger partial charge in [0.1, 0.15) is 11.9 Å². The van der Waals surface area contributed by atoms with Gasteiger partial charge in [-0.15, -0.1) is 0 Å². The maximum atomic E-state index is 13.3. The molecule has 2 heterocycles. The van der Waals surface area contributed by atoms with E-state index in [4.69, 9.17) is 9.47 Å². The molecule has 9 atom stereocenters. The lowest BCUT2D eigenvalue weighted by Crippen LogP contribution is -2.57. The van der Waals surface area contributed by atoms with E-state index in [0.29, 0.717) is 24.5 Å². The van der Waals surface area contributed by atoms with Gasteiger partial charge >= 0.3 is 5.97 Å². The van der Waals surface area contributed by atoms with Gasteiger partial charge in [-0.2, -0.15) is 0 Å². The van der Waals surface area contributed by atoms with E-state index in [2.05, 4.69) is 19.9 Å². The molecule has 2 aliphatic heterocycles. The van der Waals surface area contributed by atoms with Crippen molar-refractivity contribution in [1.29, 1.82) is 0 Å². The molecule has 6 heteroatoms. The Kier molecular flexibility index (Phi) is 4.97. The summed E-state index contributed by atoms with van der Waals surface area (Å²) in [6, 6.07) is 0. The molecule has 6 rings (SSSR count). The Morgan fingerprint density at radius 2 is 1.86 bits per heavy atom. The fraction of sp³-hybridized carbons (Fsp3) is 0.759. The molecule has 0 aromatic rings. The lowest BCUT2D eigenvalue weighted by molar-refractivity contribution is -0.179. The van der Waals surface area contributed by atoms with E-state index in [1.807, 2.05) is 0 Å². The number of allylic oxidation sites excluding steroid dienone is 3. The number of rotatable bonds is 3. The molecule has 4 aliphatic carbocycles. The van der Waals surface area contributed by atoms with Gasteiger partial charge in [0.2, 0.25) is 0 Å². The van der Waals surface area contributed by atoms with Gasteiger partial charge in [-0.05, 0) is 72.8 Å². The molecular weight excluding hydrogens is 444 g/mol. The molecular formula is C29H38O6. The Bertz CT molecular complexity index is 1080. The van der Waals surface area contributed by atoms with Crippen molar-refractivity contribution in [1.82, 2.24) is 0 Å². The standard InChI is InChI=1S/C29H38O6/c1-14(2)29(33,15(3)30)25-24-22(26(32)35-25)23-21(34-24)13-20-18-7-6-16-12-17(31)8-10-27(16,4)19(18)9-11-28(20,23)5/h13-14,16,21-25,33H,6-12H2,1-5H3/t16-,21-,22-,23+,24+,25-,27-,28-,29+/m0/s1. The van der Waals surface area contributed by atoms with Crippen LogP contribution in [0, 0.1) is 34.5 Å². The van der Waals surface area contributed by atoms with Crippen molar-refractivity contribution >= 4 is 17.5 Å². The van der Waals surface area contributed by atoms with Crippen LogP contribution in [0.2, 0.25) is 0 Å². The molecule has 6 aliphatic rings. The first-order valence-corrected chi connectivity index (χ1v) is 13.5. The summed E-state index contributed by atoms with van der Waals surface area (Å²) in [5.74, 6) is -0.802. The third kappa shape index (κ3) is 2.87. The smallest absolute Gasteiger partial charge is 0.312 e. The minimum absolute atomic E-state index is 0.0455. The summed E-state index contributed by atoms with van der Waals surface area (Å²) < 4.78 is 12.3. The fourth-order valence-corrected chi connectivity index (χ4v) is 8.98. The summed E-state index contributed by atoms with van der Waals surface area (Å²) in [7, 11) is 0. The van der Waals surface area contributed by atoms with Gasteiger partial charge in [0.05, 0.1) is 12.0 Å². The number of ketones is 2. The van der Waals surface area contributed by atoms with Crippen molar-refractivity contribution in [3.05, 3.63) is 22.8 Å². The van der Waals surface area contributed by atoms with E-state index >= 15 is 0 Å². The second-order valence-corrected chi connectivity index (χ2v) is 12.9. The highest BCUT2D eigenvalue weighted by Crippen LogP contribution is 2.66. The summed E-state index contributed by atoms with van der Waals surface area (Å²) in [5.41, 5.74) is 2.47. The van der Waals surface area contributed by atoms with Crippen LogP contribution in [0.3, 0.4) is 0 Å². The number of ether oxygens (including phenoxy) is 2. The zero-order valence-electron chi connectivity index (χ0n) is 21.6. The van der Waals surface area contributed by atoms with Crippen LogP contribution in [0.4, 0.5) is 0 Å². The van der Waals surface area contributed by atoms with Crippen LogP contribution in [-0.2, 0) is 23.9 Å². The Hall–Kier alpha value is -1.79. The number of hydrogen-bond acceptors (Lipinski definition) is 6. The monoisotopic (exact) mass is 482 g/mol. The zero-order valence-corrected chi connectivity index (χ0v) is 21.6. The second-order valence-electron chi connectivity index (χ2n) is 12.9. The molecule has 0 aromatic heterocycles. The molecule has 0 spiro atoms. The molecule has 2 saturated heterocycles. The van der Waals surface area contributed by atoms with Crippen molar-refractivity contribution in [3.8, 4) is 0 Å². The number of fused-ring (bicyclic) bond motifs is 8. The molecule has 1 N–H and O–H groups in total. The van der Waals surface area contributed by atoms with Crippen molar-refractivity contribution in [2.45, 2.75) is 103 Å². The second kappa shape index (κ2) is 7.38. The largest absolute Gasteiger partial charge is 0.456 e. The SMILES string of the molecule is CC(=O)[C@](O)(C(C)C)[C@H]1OC(=O)[C@@H]2[C@H]1O[C@H]1C=C3C4=C(CC[C@]3(C)[C@@H]21)[C@@]1(C)CCC(=O)C[C@@H]1CC4. The van der Waals surface area contributed by atoms with Crippen LogP contribution in [0.15, 0.2) is 22.8 Å². The molecule has 0 bridgehead atoms. The van der Waals surface area contributed by atoms with E-state index in [9.17, 15) is 19.5 Å². The highest BCUT2D eigenvalue weighted by atomic mass is 16.6. The van der Waals surface area contributed by atoms with Crippen LogP contribution < -0.4 is 0 Å². The highest BCUT2D eigenvalue weighted by molar-refractivity contribution is 5.88. The predicted octanol–water partition coefficient (Wildman–Crippen LogP) is 4.09. The minimum atomic E-state index is -1.76. The first-order chi connectivity index (χ1) is 16.4. The van der Waals surface area contributed by atoms with E-state index in [0.717, 1.165) is 32.1 Å². The maximum absolute atomic E-state index is 13.3.